The first-order valence-electron chi connectivity index (χ1n) is 5.72. The highest BCUT2D eigenvalue weighted by molar-refractivity contribution is 5.93. The van der Waals surface area contributed by atoms with Gasteiger partial charge >= 0.3 is 11.3 Å². The molecule has 0 atom stereocenters. The quantitative estimate of drug-likeness (QED) is 0.542. The Morgan fingerprint density at radius 1 is 0.824 bits per heavy atom. The van der Waals surface area contributed by atoms with Gasteiger partial charge in [-0.15, -0.1) is 0 Å². The Morgan fingerprint density at radius 3 is 2.35 bits per heavy atom. The average Bonchev–Trinajstić information content (AvgIpc) is 2.39. The number of rotatable bonds is 1. The normalized spacial score (nSPS) is 10.6. The van der Waals surface area contributed by atoms with E-state index in [1.165, 1.54) is 11.1 Å². The summed E-state index contributed by atoms with van der Waals surface area (Å²) in [7, 11) is 0. The lowest BCUT2D eigenvalue weighted by Gasteiger charge is -2.01. The monoisotopic (exact) mass is 221 g/mol. The van der Waals surface area contributed by atoms with Crippen LogP contribution in [0.3, 0.4) is 0 Å². The van der Waals surface area contributed by atoms with Crippen LogP contribution in [-0.2, 0) is 0 Å². The Kier molecular flexibility index (Phi) is 2.37. The summed E-state index contributed by atoms with van der Waals surface area (Å²) in [5.41, 5.74) is 3.39. The maximum atomic E-state index is 5.72. The largest absolute Gasteiger partial charge is 0.360 e. The number of aryl methyl sites for hydroxylation is 1. The standard InChI is InChI=1S/C16H13O/c1-12-11-15(13-7-3-2-4-8-13)14-9-5-6-10-16(14)17-12/h2-11H,1H3/q+1. The second-order valence-corrected chi connectivity index (χ2v) is 4.13. The molecule has 82 valence electrons. The van der Waals surface area contributed by atoms with Gasteiger partial charge in [0.1, 0.15) is 0 Å². The minimum Gasteiger partial charge on any atom is -0.213 e. The number of hydrogen-bond acceptors (Lipinski definition) is 0. The third-order valence-electron chi connectivity index (χ3n) is 2.88. The van der Waals surface area contributed by atoms with E-state index in [-0.39, 0.29) is 0 Å². The van der Waals surface area contributed by atoms with Crippen molar-refractivity contribution >= 4 is 11.0 Å². The van der Waals surface area contributed by atoms with Crippen LogP contribution < -0.4 is 0 Å². The summed E-state index contributed by atoms with van der Waals surface area (Å²) < 4.78 is 5.72. The second-order valence-electron chi connectivity index (χ2n) is 4.13. The van der Waals surface area contributed by atoms with Gasteiger partial charge in [0.05, 0.1) is 12.3 Å². The van der Waals surface area contributed by atoms with Gasteiger partial charge < -0.3 is 0 Å². The zero-order valence-electron chi connectivity index (χ0n) is 9.68. The summed E-state index contributed by atoms with van der Waals surface area (Å²) in [4.78, 5) is 0. The van der Waals surface area contributed by atoms with Crippen LogP contribution in [0.1, 0.15) is 5.76 Å². The van der Waals surface area contributed by atoms with Gasteiger partial charge in [0.2, 0.25) is 0 Å². The highest BCUT2D eigenvalue weighted by Gasteiger charge is 2.14. The Balaban J connectivity index is 2.36. The molecule has 0 radical (unpaired) electrons. The minimum absolute atomic E-state index is 0.933. The summed E-state index contributed by atoms with van der Waals surface area (Å²) >= 11 is 0. The van der Waals surface area contributed by atoms with E-state index in [9.17, 15) is 0 Å². The van der Waals surface area contributed by atoms with Crippen molar-refractivity contribution in [3.05, 3.63) is 66.4 Å². The predicted molar refractivity (Wildman–Crippen MR) is 70.8 cm³/mol. The van der Waals surface area contributed by atoms with E-state index < -0.39 is 0 Å². The molecule has 3 aromatic rings. The molecule has 0 aliphatic rings. The lowest BCUT2D eigenvalue weighted by molar-refractivity contribution is 0.566. The fraction of sp³-hybridized carbons (Fsp3) is 0.0625. The van der Waals surface area contributed by atoms with Gasteiger partial charge in [0.25, 0.3) is 0 Å². The van der Waals surface area contributed by atoms with Gasteiger partial charge in [-0.3, -0.25) is 0 Å². The summed E-state index contributed by atoms with van der Waals surface area (Å²) in [5, 5.41) is 1.16. The van der Waals surface area contributed by atoms with Crippen LogP contribution in [0.4, 0.5) is 0 Å². The molecule has 0 aliphatic heterocycles. The molecule has 2 aromatic carbocycles. The molecule has 3 rings (SSSR count). The van der Waals surface area contributed by atoms with Crippen molar-refractivity contribution in [1.29, 1.82) is 0 Å². The molecule has 1 heterocycles. The molecule has 0 unspecified atom stereocenters. The van der Waals surface area contributed by atoms with Gasteiger partial charge in [0, 0.05) is 17.7 Å². The maximum absolute atomic E-state index is 5.72. The van der Waals surface area contributed by atoms with Gasteiger partial charge in [-0.25, -0.2) is 4.42 Å². The Labute approximate surface area is 100 Å². The van der Waals surface area contributed by atoms with Crippen LogP contribution in [0.2, 0.25) is 0 Å². The third kappa shape index (κ3) is 1.80. The molecule has 1 heteroatoms. The highest BCUT2D eigenvalue weighted by Crippen LogP contribution is 2.29. The van der Waals surface area contributed by atoms with Crippen LogP contribution >= 0.6 is 0 Å². The van der Waals surface area contributed by atoms with Gasteiger partial charge in [-0.05, 0) is 11.6 Å². The Bertz CT molecular complexity index is 657. The van der Waals surface area contributed by atoms with Crippen molar-refractivity contribution in [1.82, 2.24) is 0 Å². The van der Waals surface area contributed by atoms with E-state index in [4.69, 9.17) is 4.42 Å². The first-order valence-corrected chi connectivity index (χ1v) is 5.72. The van der Waals surface area contributed by atoms with Gasteiger partial charge in [0.15, 0.2) is 0 Å². The van der Waals surface area contributed by atoms with Crippen molar-refractivity contribution in [3.63, 3.8) is 0 Å². The van der Waals surface area contributed by atoms with E-state index in [0.717, 1.165) is 16.7 Å². The van der Waals surface area contributed by atoms with Crippen LogP contribution in [0.15, 0.2) is 65.1 Å². The second kappa shape index (κ2) is 4.02. The fourth-order valence-electron chi connectivity index (χ4n) is 2.12. The summed E-state index contributed by atoms with van der Waals surface area (Å²) in [6.07, 6.45) is 0. The third-order valence-corrected chi connectivity index (χ3v) is 2.88. The zero-order valence-corrected chi connectivity index (χ0v) is 9.68. The molecule has 1 aromatic heterocycles. The Morgan fingerprint density at radius 2 is 1.53 bits per heavy atom. The fourth-order valence-corrected chi connectivity index (χ4v) is 2.12. The topological polar surface area (TPSA) is 11.3 Å². The predicted octanol–water partition coefficient (Wildman–Crippen LogP) is 4.69. The zero-order chi connectivity index (χ0) is 11.7. The molecule has 17 heavy (non-hydrogen) atoms. The molecule has 0 saturated carbocycles. The minimum atomic E-state index is 0.933. The molecule has 0 saturated heterocycles. The Hall–Kier alpha value is -2.15. The van der Waals surface area contributed by atoms with Crippen molar-refractivity contribution in [2.75, 3.05) is 0 Å². The molecule has 0 aliphatic carbocycles. The number of fused-ring (bicyclic) bond motifs is 1. The van der Waals surface area contributed by atoms with E-state index >= 15 is 0 Å². The van der Waals surface area contributed by atoms with E-state index in [0.29, 0.717) is 0 Å². The molecular formula is C16H13O+. The summed E-state index contributed by atoms with van der Waals surface area (Å²) in [6, 6.07) is 20.6. The first kappa shape index (κ1) is 10.0. The SMILES string of the molecule is Cc1cc(-c2ccccc2)c2ccccc2[o+]1. The molecule has 0 N–H and O–H groups in total. The van der Waals surface area contributed by atoms with E-state index in [1.807, 2.05) is 31.2 Å². The number of para-hydroxylation sites is 1. The average molecular weight is 221 g/mol. The smallest absolute Gasteiger partial charge is 0.213 e. The number of hydrogen-bond donors (Lipinski definition) is 0. The molecular weight excluding hydrogens is 208 g/mol. The lowest BCUT2D eigenvalue weighted by Crippen LogP contribution is -1.83. The van der Waals surface area contributed by atoms with Crippen molar-refractivity contribution in [2.45, 2.75) is 6.92 Å². The van der Waals surface area contributed by atoms with Crippen LogP contribution in [0, 0.1) is 6.92 Å². The molecule has 0 bridgehead atoms. The lowest BCUT2D eigenvalue weighted by atomic mass is 10.0. The van der Waals surface area contributed by atoms with Crippen LogP contribution in [0.25, 0.3) is 22.1 Å². The molecule has 1 nitrogen and oxygen atoms in total. The van der Waals surface area contributed by atoms with Crippen molar-refractivity contribution in [2.24, 2.45) is 0 Å². The van der Waals surface area contributed by atoms with Crippen molar-refractivity contribution < 1.29 is 4.42 Å². The van der Waals surface area contributed by atoms with E-state index in [1.54, 1.807) is 0 Å². The summed E-state index contributed by atoms with van der Waals surface area (Å²) in [6.45, 7) is 1.98. The molecule has 0 fully saturated rings. The van der Waals surface area contributed by atoms with Gasteiger partial charge in [-0.1, -0.05) is 42.5 Å². The highest BCUT2D eigenvalue weighted by atomic mass is 16.3. The maximum Gasteiger partial charge on any atom is 0.360 e. The van der Waals surface area contributed by atoms with Crippen LogP contribution in [-0.4, -0.2) is 0 Å². The number of benzene rings is 2. The van der Waals surface area contributed by atoms with Crippen LogP contribution in [0.5, 0.6) is 0 Å². The first-order chi connectivity index (χ1) is 8.34. The molecule has 0 spiro atoms. The molecule has 0 amide bonds. The van der Waals surface area contributed by atoms with Crippen molar-refractivity contribution in [3.8, 4) is 11.1 Å². The summed E-state index contributed by atoms with van der Waals surface area (Å²) in [5.74, 6) is 0.933. The van der Waals surface area contributed by atoms with Gasteiger partial charge in [-0.2, -0.15) is 0 Å². The van der Waals surface area contributed by atoms with E-state index in [2.05, 4.69) is 36.4 Å².